The van der Waals surface area contributed by atoms with Crippen molar-refractivity contribution in [1.82, 2.24) is 19.9 Å². The molecule has 0 amide bonds. The highest BCUT2D eigenvalue weighted by Gasteiger charge is 2.36. The molecule has 2 fully saturated rings. The molecule has 144 valence electrons. The lowest BCUT2D eigenvalue weighted by Crippen LogP contribution is -2.47. The van der Waals surface area contributed by atoms with Crippen LogP contribution in [0.3, 0.4) is 0 Å². The third-order valence-electron chi connectivity index (χ3n) is 5.34. The topological polar surface area (TPSA) is 63.1 Å². The number of fused-ring (bicyclic) bond motifs is 3. The Kier molecular flexibility index (Phi) is 5.32. The fraction of sp³-hybridized carbons (Fsp3) is 0.471. The van der Waals surface area contributed by atoms with Gasteiger partial charge in [-0.15, -0.1) is 12.4 Å². The van der Waals surface area contributed by atoms with Crippen LogP contribution in [0.15, 0.2) is 27.6 Å². The molecule has 3 aromatic rings. The summed E-state index contributed by atoms with van der Waals surface area (Å²) < 4.78 is 2.34. The largest absolute Gasteiger partial charge is 0.348 e. The lowest BCUT2D eigenvalue weighted by Gasteiger charge is -2.35. The van der Waals surface area contributed by atoms with Crippen LogP contribution in [-0.2, 0) is 0 Å². The molecule has 5 rings (SSSR count). The predicted octanol–water partition coefficient (Wildman–Crippen LogP) is 3.81. The van der Waals surface area contributed by atoms with E-state index >= 15 is 0 Å². The van der Waals surface area contributed by atoms with Crippen LogP contribution in [-0.4, -0.2) is 39.7 Å². The first-order valence-corrected chi connectivity index (χ1v) is 11.1. The highest BCUT2D eigenvalue weighted by atomic mass is 79.9. The van der Waals surface area contributed by atoms with E-state index in [4.69, 9.17) is 4.98 Å². The molecule has 1 N–H and O–H groups in total. The second-order valence-electron chi connectivity index (χ2n) is 7.03. The number of piperidine rings is 1. The van der Waals surface area contributed by atoms with Crippen molar-refractivity contribution in [3.63, 3.8) is 0 Å². The monoisotopic (exact) mass is 487 g/mol. The molecule has 0 aromatic carbocycles. The van der Waals surface area contributed by atoms with E-state index < -0.39 is 0 Å². The molecular weight excluding hydrogens is 470 g/mol. The van der Waals surface area contributed by atoms with Crippen molar-refractivity contribution in [2.45, 2.75) is 43.8 Å². The Morgan fingerprint density at radius 3 is 2.59 bits per heavy atom. The number of aromatic nitrogens is 3. The maximum atomic E-state index is 12.2. The summed E-state index contributed by atoms with van der Waals surface area (Å²) >= 11 is 6.40. The number of thiazole rings is 2. The molecule has 1 unspecified atom stereocenters. The van der Waals surface area contributed by atoms with E-state index in [1.165, 1.54) is 37.0 Å². The maximum Gasteiger partial charge on any atom is 0.258 e. The Morgan fingerprint density at radius 1 is 1.22 bits per heavy atom. The van der Waals surface area contributed by atoms with Gasteiger partial charge in [0.1, 0.15) is 0 Å². The van der Waals surface area contributed by atoms with Gasteiger partial charge >= 0.3 is 0 Å². The summed E-state index contributed by atoms with van der Waals surface area (Å²) in [5, 5.41) is 5.39. The van der Waals surface area contributed by atoms with Crippen molar-refractivity contribution in [2.75, 3.05) is 11.9 Å². The van der Waals surface area contributed by atoms with Crippen LogP contribution in [0.4, 0.5) is 5.13 Å². The standard InChI is InChI=1S/C17H18BrN5OS2.ClH/c1-22(12-7-10-2-3-11(8-12)19-10)16-20-14-15(25-16)21-17(26-14)23-5-4-9(18)6-13(23)24;/h4-6,10-12,19H,2-3,7-8H2,1H3;1H/t10-,11+,12?;. The Balaban J connectivity index is 0.00000180. The normalized spacial score (nSPS) is 24.1. The zero-order chi connectivity index (χ0) is 17.8. The van der Waals surface area contributed by atoms with Gasteiger partial charge in [0.15, 0.2) is 19.9 Å². The number of anilines is 1. The molecule has 0 aliphatic carbocycles. The van der Waals surface area contributed by atoms with Crippen molar-refractivity contribution in [2.24, 2.45) is 0 Å². The number of hydrogen-bond acceptors (Lipinski definition) is 7. The fourth-order valence-corrected chi connectivity index (χ4v) is 6.36. The molecule has 3 aromatic heterocycles. The molecule has 2 saturated heterocycles. The molecule has 10 heteroatoms. The second kappa shape index (κ2) is 7.44. The van der Waals surface area contributed by atoms with Crippen molar-refractivity contribution < 1.29 is 0 Å². The van der Waals surface area contributed by atoms with Gasteiger partial charge in [0.2, 0.25) is 0 Å². The zero-order valence-corrected chi connectivity index (χ0v) is 18.6. The van der Waals surface area contributed by atoms with Crippen molar-refractivity contribution in [3.05, 3.63) is 33.2 Å². The summed E-state index contributed by atoms with van der Waals surface area (Å²) in [6, 6.07) is 5.26. The average Bonchev–Trinajstić information content (AvgIpc) is 3.27. The minimum absolute atomic E-state index is 0. The predicted molar refractivity (Wildman–Crippen MR) is 117 cm³/mol. The van der Waals surface area contributed by atoms with Crippen LogP contribution in [0.2, 0.25) is 0 Å². The quantitative estimate of drug-likeness (QED) is 0.607. The molecule has 3 atom stereocenters. The molecular formula is C17H19BrClN5OS2. The number of hydrogen-bond donors (Lipinski definition) is 1. The first-order chi connectivity index (χ1) is 12.6. The van der Waals surface area contributed by atoms with E-state index in [0.29, 0.717) is 23.3 Å². The summed E-state index contributed by atoms with van der Waals surface area (Å²) in [4.78, 5) is 25.7. The Hall–Kier alpha value is -1.00. The SMILES string of the molecule is CN(c1nc2sc(-n3ccc(Br)cc3=O)nc2s1)C1C[C@H]2CC[C@@H](C1)N2.Cl. The molecule has 2 aliphatic heterocycles. The van der Waals surface area contributed by atoms with Gasteiger partial charge in [-0.3, -0.25) is 9.36 Å². The summed E-state index contributed by atoms with van der Waals surface area (Å²) in [7, 11) is 2.15. The summed E-state index contributed by atoms with van der Waals surface area (Å²) in [5.74, 6) is 0. The molecule has 0 saturated carbocycles. The Bertz CT molecular complexity index is 990. The molecule has 2 bridgehead atoms. The minimum Gasteiger partial charge on any atom is -0.348 e. The summed E-state index contributed by atoms with van der Waals surface area (Å²) in [6.07, 6.45) is 6.72. The Morgan fingerprint density at radius 2 is 1.93 bits per heavy atom. The molecule has 6 nitrogen and oxygen atoms in total. The molecule has 0 spiro atoms. The number of nitrogens with one attached hydrogen (secondary N) is 1. The average molecular weight is 489 g/mol. The van der Waals surface area contributed by atoms with E-state index in [2.05, 4.69) is 38.2 Å². The first-order valence-electron chi connectivity index (χ1n) is 8.71. The highest BCUT2D eigenvalue weighted by Crippen LogP contribution is 2.36. The third kappa shape index (κ3) is 3.55. The van der Waals surface area contributed by atoms with Gasteiger partial charge in [0.25, 0.3) is 5.56 Å². The third-order valence-corrected chi connectivity index (χ3v) is 7.95. The highest BCUT2D eigenvalue weighted by molar-refractivity contribution is 9.10. The summed E-state index contributed by atoms with van der Waals surface area (Å²) in [6.45, 7) is 0. The summed E-state index contributed by atoms with van der Waals surface area (Å²) in [5.41, 5.74) is -0.0942. The molecule has 5 heterocycles. The van der Waals surface area contributed by atoms with Crippen molar-refractivity contribution >= 4 is 65.8 Å². The van der Waals surface area contributed by atoms with Gasteiger partial charge in [-0.25, -0.2) is 9.97 Å². The van der Waals surface area contributed by atoms with Gasteiger partial charge in [-0.2, -0.15) is 0 Å². The van der Waals surface area contributed by atoms with Crippen LogP contribution < -0.4 is 15.8 Å². The number of halogens is 2. The molecule has 2 aliphatic rings. The van der Waals surface area contributed by atoms with E-state index in [1.54, 1.807) is 28.2 Å². The fourth-order valence-electron chi connectivity index (χ4n) is 3.99. The van der Waals surface area contributed by atoms with Gasteiger partial charge in [0.05, 0.1) is 0 Å². The van der Waals surface area contributed by atoms with Crippen LogP contribution >= 0.6 is 51.0 Å². The van der Waals surface area contributed by atoms with Gasteiger partial charge in [0, 0.05) is 41.9 Å². The first kappa shape index (κ1) is 19.3. The number of rotatable bonds is 3. The molecule has 27 heavy (non-hydrogen) atoms. The van der Waals surface area contributed by atoms with E-state index in [0.717, 1.165) is 19.3 Å². The van der Waals surface area contributed by atoms with Gasteiger partial charge < -0.3 is 10.2 Å². The van der Waals surface area contributed by atoms with Crippen molar-refractivity contribution in [3.8, 4) is 5.13 Å². The van der Waals surface area contributed by atoms with E-state index in [1.807, 2.05) is 6.07 Å². The lowest BCUT2D eigenvalue weighted by atomic mass is 9.99. The van der Waals surface area contributed by atoms with Crippen LogP contribution in [0.1, 0.15) is 25.7 Å². The van der Waals surface area contributed by atoms with E-state index in [9.17, 15) is 4.79 Å². The number of nitrogens with zero attached hydrogens (tertiary/aromatic N) is 4. The Labute approximate surface area is 179 Å². The van der Waals surface area contributed by atoms with E-state index in [-0.39, 0.29) is 18.0 Å². The van der Waals surface area contributed by atoms with Gasteiger partial charge in [-0.05, 0) is 31.7 Å². The second-order valence-corrected chi connectivity index (χ2v) is 9.86. The van der Waals surface area contributed by atoms with Crippen molar-refractivity contribution in [1.29, 1.82) is 0 Å². The maximum absolute atomic E-state index is 12.2. The van der Waals surface area contributed by atoms with Crippen LogP contribution in [0.5, 0.6) is 0 Å². The van der Waals surface area contributed by atoms with Crippen LogP contribution in [0.25, 0.3) is 14.8 Å². The van der Waals surface area contributed by atoms with Crippen LogP contribution in [0, 0.1) is 0 Å². The molecule has 0 radical (unpaired) electrons. The minimum atomic E-state index is -0.0942. The smallest absolute Gasteiger partial charge is 0.258 e. The lowest BCUT2D eigenvalue weighted by molar-refractivity contribution is 0.354. The number of pyridine rings is 1. The van der Waals surface area contributed by atoms with Gasteiger partial charge in [-0.1, -0.05) is 38.6 Å². The zero-order valence-electron chi connectivity index (χ0n) is 14.6.